The Labute approximate surface area is 235 Å². The standard InChI is InChI=1S/C29H43FN4O6/c30-23-10-6-5-8-19(23)13-14-20(35)15-16-22-21(25(36)18-26(22)37)9-3-1-2-4-12-27(38)40-28(39)24(31)11-7-17-34-29(32)33/h5-6,8,10,20-22,24-26,35-37H,1-4,7,9,11-12,15-18,31H2,(H4,32,33,34)/t20-,21+,22+,24-,25-,26+/m0/s1. The van der Waals surface area contributed by atoms with Gasteiger partial charge in [0.05, 0.1) is 17.8 Å². The first-order valence-corrected chi connectivity index (χ1v) is 13.9. The van der Waals surface area contributed by atoms with E-state index in [0.717, 1.165) is 19.3 Å². The molecule has 0 bridgehead atoms. The van der Waals surface area contributed by atoms with Crippen LogP contribution in [0.4, 0.5) is 4.39 Å². The molecule has 40 heavy (non-hydrogen) atoms. The predicted molar refractivity (Wildman–Crippen MR) is 149 cm³/mol. The number of aliphatic hydroxyl groups excluding tert-OH is 3. The highest BCUT2D eigenvalue weighted by molar-refractivity contribution is 5.88. The van der Waals surface area contributed by atoms with Crippen LogP contribution in [0.1, 0.15) is 76.2 Å². The molecule has 9 N–H and O–H groups in total. The number of aliphatic hydroxyl groups is 3. The molecule has 1 aromatic rings. The Kier molecular flexibility index (Phi) is 14.6. The zero-order valence-corrected chi connectivity index (χ0v) is 22.9. The first-order chi connectivity index (χ1) is 19.1. The fourth-order valence-electron chi connectivity index (χ4n) is 5.01. The lowest BCUT2D eigenvalue weighted by Gasteiger charge is -2.24. The van der Waals surface area contributed by atoms with E-state index in [2.05, 4.69) is 16.8 Å². The molecule has 0 radical (unpaired) electrons. The summed E-state index contributed by atoms with van der Waals surface area (Å²) in [6, 6.07) is 5.17. The van der Waals surface area contributed by atoms with Crippen molar-refractivity contribution in [2.24, 2.45) is 34.0 Å². The van der Waals surface area contributed by atoms with Crippen LogP contribution in [-0.2, 0) is 14.3 Å². The van der Waals surface area contributed by atoms with E-state index in [9.17, 15) is 29.3 Å². The van der Waals surface area contributed by atoms with Crippen LogP contribution in [0, 0.1) is 29.5 Å². The summed E-state index contributed by atoms with van der Waals surface area (Å²) in [5.74, 6) is 3.18. The van der Waals surface area contributed by atoms with Gasteiger partial charge in [-0.2, -0.15) is 0 Å². The molecule has 1 fully saturated rings. The maximum Gasteiger partial charge on any atom is 0.330 e. The highest BCUT2D eigenvalue weighted by atomic mass is 19.1. The number of nitrogens with zero attached hydrogens (tertiary/aromatic N) is 1. The van der Waals surface area contributed by atoms with E-state index in [4.69, 9.17) is 21.9 Å². The number of unbranched alkanes of at least 4 members (excludes halogenated alkanes) is 3. The third kappa shape index (κ3) is 12.0. The number of hydrogen-bond acceptors (Lipinski definition) is 8. The first kappa shape index (κ1) is 33.2. The Bertz CT molecular complexity index is 1040. The van der Waals surface area contributed by atoms with Crippen molar-refractivity contribution in [2.45, 2.75) is 95.0 Å². The summed E-state index contributed by atoms with van der Waals surface area (Å²) < 4.78 is 18.5. The van der Waals surface area contributed by atoms with Gasteiger partial charge in [0.1, 0.15) is 18.0 Å². The van der Waals surface area contributed by atoms with Crippen molar-refractivity contribution in [3.05, 3.63) is 35.6 Å². The molecule has 0 heterocycles. The topological polar surface area (TPSA) is 194 Å². The second-order valence-electron chi connectivity index (χ2n) is 10.3. The van der Waals surface area contributed by atoms with Gasteiger partial charge in [-0.15, -0.1) is 0 Å². The van der Waals surface area contributed by atoms with Crippen molar-refractivity contribution in [3.63, 3.8) is 0 Å². The number of ether oxygens (including phenoxy) is 1. The van der Waals surface area contributed by atoms with Crippen LogP contribution in [0.3, 0.4) is 0 Å². The van der Waals surface area contributed by atoms with E-state index in [1.165, 1.54) is 6.07 Å². The van der Waals surface area contributed by atoms with E-state index in [1.54, 1.807) is 18.2 Å². The van der Waals surface area contributed by atoms with Gasteiger partial charge in [-0.3, -0.25) is 9.79 Å². The van der Waals surface area contributed by atoms with Crippen molar-refractivity contribution < 1.29 is 34.0 Å². The fourth-order valence-corrected chi connectivity index (χ4v) is 5.01. The van der Waals surface area contributed by atoms with Crippen molar-refractivity contribution >= 4 is 17.9 Å². The molecule has 0 aliphatic heterocycles. The van der Waals surface area contributed by atoms with Crippen molar-refractivity contribution in [1.82, 2.24) is 0 Å². The maximum atomic E-state index is 13.7. The number of guanidine groups is 1. The lowest BCUT2D eigenvalue weighted by Crippen LogP contribution is -2.34. The van der Waals surface area contributed by atoms with Crippen LogP contribution in [0.2, 0.25) is 0 Å². The lowest BCUT2D eigenvalue weighted by atomic mass is 9.85. The second-order valence-corrected chi connectivity index (χ2v) is 10.3. The van der Waals surface area contributed by atoms with E-state index in [0.29, 0.717) is 51.5 Å². The SMILES string of the molecule is NC(N)=NCCC[C@H](N)C(=O)OC(=O)CCCCCC[C@@H]1[C@@H](CC[C@@H](O)C#Cc2ccccc2F)[C@H](O)C[C@@H]1O. The Morgan fingerprint density at radius 1 is 1.02 bits per heavy atom. The molecule has 0 unspecified atom stereocenters. The second kappa shape index (κ2) is 17.6. The van der Waals surface area contributed by atoms with Gasteiger partial charge in [0, 0.05) is 13.0 Å². The summed E-state index contributed by atoms with van der Waals surface area (Å²) in [6.07, 6.45) is 3.37. The molecule has 10 nitrogen and oxygen atoms in total. The van der Waals surface area contributed by atoms with E-state index in [-0.39, 0.29) is 29.8 Å². The molecular formula is C29H43FN4O6. The predicted octanol–water partition coefficient (Wildman–Crippen LogP) is 1.47. The zero-order valence-electron chi connectivity index (χ0n) is 22.9. The quantitative estimate of drug-likeness (QED) is 0.0458. The number of carbonyl (C=O) groups is 2. The van der Waals surface area contributed by atoms with Gasteiger partial charge in [-0.25, -0.2) is 9.18 Å². The van der Waals surface area contributed by atoms with Crippen LogP contribution >= 0.6 is 0 Å². The van der Waals surface area contributed by atoms with Gasteiger partial charge in [-0.1, -0.05) is 43.2 Å². The number of halogens is 1. The molecule has 0 saturated heterocycles. The monoisotopic (exact) mass is 562 g/mol. The van der Waals surface area contributed by atoms with Crippen LogP contribution in [-0.4, -0.2) is 64.1 Å². The maximum absolute atomic E-state index is 13.7. The number of nitrogens with two attached hydrogens (primary N) is 3. The number of rotatable bonds is 15. The summed E-state index contributed by atoms with van der Waals surface area (Å²) in [7, 11) is 0. The van der Waals surface area contributed by atoms with Crippen LogP contribution in [0.25, 0.3) is 0 Å². The third-order valence-corrected chi connectivity index (χ3v) is 7.20. The van der Waals surface area contributed by atoms with Crippen molar-refractivity contribution in [1.29, 1.82) is 0 Å². The number of benzene rings is 1. The molecule has 0 amide bonds. The number of esters is 2. The third-order valence-electron chi connectivity index (χ3n) is 7.20. The molecule has 11 heteroatoms. The Morgan fingerprint density at radius 3 is 2.40 bits per heavy atom. The van der Waals surface area contributed by atoms with E-state index >= 15 is 0 Å². The molecule has 6 atom stereocenters. The van der Waals surface area contributed by atoms with E-state index < -0.39 is 42.1 Å². The first-order valence-electron chi connectivity index (χ1n) is 13.9. The minimum absolute atomic E-state index is 0.0388. The molecule has 0 spiro atoms. The van der Waals surface area contributed by atoms with Crippen LogP contribution in [0.5, 0.6) is 0 Å². The van der Waals surface area contributed by atoms with Gasteiger partial charge >= 0.3 is 11.9 Å². The molecule has 222 valence electrons. The highest BCUT2D eigenvalue weighted by Gasteiger charge is 2.40. The Hall–Kier alpha value is -3.04. The summed E-state index contributed by atoms with van der Waals surface area (Å²) >= 11 is 0. The average Bonchev–Trinajstić information content (AvgIpc) is 3.17. The molecule has 1 aliphatic carbocycles. The van der Waals surface area contributed by atoms with Gasteiger partial charge in [0.25, 0.3) is 0 Å². The number of aliphatic imine (C=N–C) groups is 1. The molecule has 1 aliphatic rings. The minimum atomic E-state index is -0.962. The fraction of sp³-hybridized carbons (Fsp3) is 0.621. The number of carbonyl (C=O) groups excluding carboxylic acids is 2. The summed E-state index contributed by atoms with van der Waals surface area (Å²) in [5.41, 5.74) is 16.4. The molecule has 1 aromatic carbocycles. The van der Waals surface area contributed by atoms with Crippen molar-refractivity contribution in [2.75, 3.05) is 6.54 Å². The Morgan fingerprint density at radius 2 is 1.70 bits per heavy atom. The number of hydrogen-bond donors (Lipinski definition) is 6. The summed E-state index contributed by atoms with van der Waals surface area (Å²) in [5, 5.41) is 31.2. The Balaban J connectivity index is 1.65. The van der Waals surface area contributed by atoms with Gasteiger partial charge in [-0.05, 0) is 68.9 Å². The zero-order chi connectivity index (χ0) is 29.5. The van der Waals surface area contributed by atoms with E-state index in [1.807, 2.05) is 0 Å². The van der Waals surface area contributed by atoms with Gasteiger partial charge < -0.3 is 37.3 Å². The molecular weight excluding hydrogens is 519 g/mol. The lowest BCUT2D eigenvalue weighted by molar-refractivity contribution is -0.160. The molecule has 2 rings (SSSR count). The largest absolute Gasteiger partial charge is 0.393 e. The summed E-state index contributed by atoms with van der Waals surface area (Å²) in [6.45, 7) is 0.336. The summed E-state index contributed by atoms with van der Waals surface area (Å²) in [4.78, 5) is 27.7. The highest BCUT2D eigenvalue weighted by Crippen LogP contribution is 2.39. The normalized spacial score (nSPS) is 21.6. The smallest absolute Gasteiger partial charge is 0.330 e. The van der Waals surface area contributed by atoms with Crippen molar-refractivity contribution in [3.8, 4) is 11.8 Å². The van der Waals surface area contributed by atoms with Crippen LogP contribution in [0.15, 0.2) is 29.3 Å². The minimum Gasteiger partial charge on any atom is -0.393 e. The van der Waals surface area contributed by atoms with Gasteiger partial charge in [0.15, 0.2) is 5.96 Å². The molecule has 0 aromatic heterocycles. The van der Waals surface area contributed by atoms with Crippen LogP contribution < -0.4 is 17.2 Å². The van der Waals surface area contributed by atoms with Gasteiger partial charge in [0.2, 0.25) is 0 Å². The average molecular weight is 563 g/mol. The molecule has 1 saturated carbocycles.